The van der Waals surface area contributed by atoms with E-state index in [1.165, 1.54) is 6.07 Å². The predicted molar refractivity (Wildman–Crippen MR) is 115 cm³/mol. The number of hydrogen-bond donors (Lipinski definition) is 3. The van der Waals surface area contributed by atoms with Crippen LogP contribution in [0.4, 0.5) is 10.6 Å². The Hall–Kier alpha value is -2.65. The van der Waals surface area contributed by atoms with Crippen LogP contribution in [-0.4, -0.2) is 48.1 Å². The van der Waals surface area contributed by atoms with E-state index in [0.29, 0.717) is 25.3 Å². The van der Waals surface area contributed by atoms with E-state index in [2.05, 4.69) is 10.3 Å². The van der Waals surface area contributed by atoms with Crippen molar-refractivity contribution < 1.29 is 18.3 Å². The molecule has 1 amide bonds. The molecule has 0 bridgehead atoms. The summed E-state index contributed by atoms with van der Waals surface area (Å²) in [6.45, 7) is 3.16. The molecule has 0 radical (unpaired) electrons. The molecule has 4 N–H and O–H groups in total. The molecule has 2 unspecified atom stereocenters. The Morgan fingerprint density at radius 2 is 2.00 bits per heavy atom. The number of carbonyl (C=O) groups is 1. The number of rotatable bonds is 8. The fourth-order valence-corrected chi connectivity index (χ4v) is 4.75. The highest BCUT2D eigenvalue weighted by atomic mass is 32.2. The van der Waals surface area contributed by atoms with Crippen molar-refractivity contribution in [3.8, 4) is 0 Å². The van der Waals surface area contributed by atoms with Crippen LogP contribution in [-0.2, 0) is 16.4 Å². The van der Waals surface area contributed by atoms with Crippen molar-refractivity contribution in [3.63, 3.8) is 0 Å². The van der Waals surface area contributed by atoms with E-state index < -0.39 is 21.7 Å². The minimum absolute atomic E-state index is 0.169. The van der Waals surface area contributed by atoms with Crippen LogP contribution >= 0.6 is 0 Å². The normalized spacial score (nSPS) is 21.5. The summed E-state index contributed by atoms with van der Waals surface area (Å²) in [5.41, 5.74) is 0.714. The minimum atomic E-state index is -3.83. The van der Waals surface area contributed by atoms with Crippen LogP contribution < -0.4 is 10.5 Å². The maximum absolute atomic E-state index is 11.8. The van der Waals surface area contributed by atoms with E-state index in [0.717, 1.165) is 24.8 Å². The van der Waals surface area contributed by atoms with Gasteiger partial charge in [-0.1, -0.05) is 36.4 Å². The van der Waals surface area contributed by atoms with Gasteiger partial charge in [0.2, 0.25) is 0 Å². The molecule has 1 aliphatic rings. The van der Waals surface area contributed by atoms with Crippen LogP contribution in [0.2, 0.25) is 0 Å². The van der Waals surface area contributed by atoms with Gasteiger partial charge in [0.25, 0.3) is 10.0 Å². The van der Waals surface area contributed by atoms with Crippen LogP contribution in [0.1, 0.15) is 31.7 Å². The van der Waals surface area contributed by atoms with E-state index in [4.69, 9.17) is 5.14 Å². The zero-order chi connectivity index (χ0) is 21.8. The molecular weight excluding hydrogens is 404 g/mol. The third kappa shape index (κ3) is 5.48. The molecule has 8 nitrogen and oxygen atoms in total. The zero-order valence-electron chi connectivity index (χ0n) is 17.0. The van der Waals surface area contributed by atoms with Crippen molar-refractivity contribution in [3.05, 3.63) is 54.1 Å². The number of amides is 1. The Kier molecular flexibility index (Phi) is 6.62. The predicted octanol–water partition coefficient (Wildman–Crippen LogP) is 2.92. The topological polar surface area (TPSA) is 126 Å². The number of benzene rings is 1. The number of primary sulfonamides is 1. The Balaban J connectivity index is 1.54. The second kappa shape index (κ2) is 9.01. The third-order valence-electron chi connectivity index (χ3n) is 5.59. The molecule has 2 atom stereocenters. The van der Waals surface area contributed by atoms with Crippen LogP contribution in [0.5, 0.6) is 0 Å². The number of nitrogens with one attached hydrogen (secondary N) is 1. The average Bonchev–Trinajstić information content (AvgIpc) is 3.02. The van der Waals surface area contributed by atoms with Gasteiger partial charge in [0.15, 0.2) is 5.03 Å². The molecule has 0 aliphatic carbocycles. The molecule has 3 rings (SSSR count). The largest absolute Gasteiger partial charge is 0.465 e. The van der Waals surface area contributed by atoms with Gasteiger partial charge in [-0.25, -0.2) is 23.3 Å². The smallest absolute Gasteiger partial charge is 0.407 e. The summed E-state index contributed by atoms with van der Waals surface area (Å²) in [5.74, 6) is 0.731. The van der Waals surface area contributed by atoms with Crippen molar-refractivity contribution in [2.75, 3.05) is 18.4 Å². The SMILES string of the molecule is CC1(Cc2ccccc2)CC(CCCNc2cccc(S(N)(=O)=O)n2)CN1C(=O)O. The number of carboxylic acid groups (broad SMARTS) is 1. The third-order valence-corrected chi connectivity index (χ3v) is 6.40. The fourth-order valence-electron chi connectivity index (χ4n) is 4.26. The van der Waals surface area contributed by atoms with Gasteiger partial charge in [-0.2, -0.15) is 0 Å². The van der Waals surface area contributed by atoms with E-state index in [1.807, 2.05) is 37.3 Å². The van der Waals surface area contributed by atoms with Gasteiger partial charge in [-0.3, -0.25) is 0 Å². The molecule has 0 spiro atoms. The van der Waals surface area contributed by atoms with Gasteiger partial charge in [0.1, 0.15) is 5.82 Å². The molecule has 0 saturated carbocycles. The highest BCUT2D eigenvalue weighted by Gasteiger charge is 2.44. The summed E-state index contributed by atoms with van der Waals surface area (Å²) in [6, 6.07) is 14.6. The van der Waals surface area contributed by atoms with E-state index in [-0.39, 0.29) is 10.9 Å². The first-order valence-corrected chi connectivity index (χ1v) is 11.5. The van der Waals surface area contributed by atoms with E-state index in [1.54, 1.807) is 17.0 Å². The van der Waals surface area contributed by atoms with Crippen LogP contribution in [0.25, 0.3) is 0 Å². The molecule has 2 heterocycles. The summed E-state index contributed by atoms with van der Waals surface area (Å²) < 4.78 is 22.8. The van der Waals surface area contributed by atoms with Crippen molar-refractivity contribution >= 4 is 21.9 Å². The second-order valence-electron chi connectivity index (χ2n) is 8.10. The first-order chi connectivity index (χ1) is 14.2. The van der Waals surface area contributed by atoms with Gasteiger partial charge < -0.3 is 15.3 Å². The van der Waals surface area contributed by atoms with Crippen LogP contribution in [0.3, 0.4) is 0 Å². The number of sulfonamides is 1. The quantitative estimate of drug-likeness (QED) is 0.551. The maximum Gasteiger partial charge on any atom is 0.407 e. The molecule has 1 fully saturated rings. The summed E-state index contributed by atoms with van der Waals surface area (Å²) in [6.07, 6.45) is 2.32. The van der Waals surface area contributed by atoms with Gasteiger partial charge in [0, 0.05) is 18.6 Å². The molecule has 2 aromatic rings. The summed E-state index contributed by atoms with van der Waals surface area (Å²) in [7, 11) is -3.83. The second-order valence-corrected chi connectivity index (χ2v) is 9.61. The van der Waals surface area contributed by atoms with Crippen molar-refractivity contribution in [1.82, 2.24) is 9.88 Å². The first-order valence-electron chi connectivity index (χ1n) is 9.96. The van der Waals surface area contributed by atoms with Gasteiger partial charge in [0.05, 0.1) is 0 Å². The van der Waals surface area contributed by atoms with Crippen LogP contribution in [0, 0.1) is 5.92 Å². The van der Waals surface area contributed by atoms with Crippen LogP contribution in [0.15, 0.2) is 53.6 Å². The molecule has 1 saturated heterocycles. The van der Waals surface area contributed by atoms with Crippen molar-refractivity contribution in [2.24, 2.45) is 11.1 Å². The Bertz CT molecular complexity index is 984. The summed E-state index contributed by atoms with van der Waals surface area (Å²) in [4.78, 5) is 17.4. The number of nitrogens with two attached hydrogens (primary N) is 1. The molecular formula is C21H28N4O4S. The lowest BCUT2D eigenvalue weighted by Crippen LogP contribution is -2.45. The lowest BCUT2D eigenvalue weighted by Gasteiger charge is -2.33. The minimum Gasteiger partial charge on any atom is -0.465 e. The monoisotopic (exact) mass is 432 g/mol. The average molecular weight is 433 g/mol. The van der Waals surface area contributed by atoms with Gasteiger partial charge in [-0.15, -0.1) is 0 Å². The number of likely N-dealkylation sites (tertiary alicyclic amines) is 1. The molecule has 1 aliphatic heterocycles. The zero-order valence-corrected chi connectivity index (χ0v) is 17.8. The van der Waals surface area contributed by atoms with Gasteiger partial charge in [-0.05, 0) is 56.2 Å². The highest BCUT2D eigenvalue weighted by molar-refractivity contribution is 7.89. The maximum atomic E-state index is 11.8. The molecule has 9 heteroatoms. The van der Waals surface area contributed by atoms with Crippen molar-refractivity contribution in [2.45, 2.75) is 43.2 Å². The lowest BCUT2D eigenvalue weighted by atomic mass is 9.86. The van der Waals surface area contributed by atoms with Crippen molar-refractivity contribution in [1.29, 1.82) is 0 Å². The van der Waals surface area contributed by atoms with E-state index >= 15 is 0 Å². The highest BCUT2D eigenvalue weighted by Crippen LogP contribution is 2.37. The summed E-state index contributed by atoms with van der Waals surface area (Å²) in [5, 5.41) is 17.8. The first kappa shape index (κ1) is 22.0. The standard InChI is InChI=1S/C21H28N4O4S/c1-21(13-16-7-3-2-4-8-16)14-17(15-25(21)20(26)27)9-6-12-23-18-10-5-11-19(24-18)30(22,28)29/h2-5,7-8,10-11,17H,6,9,12-15H2,1H3,(H,23,24)(H,26,27)(H2,22,28,29). The number of pyridine rings is 1. The Morgan fingerprint density at radius 3 is 2.67 bits per heavy atom. The molecule has 1 aromatic carbocycles. The molecule has 30 heavy (non-hydrogen) atoms. The number of aromatic nitrogens is 1. The fraction of sp³-hybridized carbons (Fsp3) is 0.429. The Labute approximate surface area is 177 Å². The van der Waals surface area contributed by atoms with E-state index in [9.17, 15) is 18.3 Å². The number of hydrogen-bond acceptors (Lipinski definition) is 5. The number of anilines is 1. The lowest BCUT2D eigenvalue weighted by molar-refractivity contribution is 0.109. The Morgan fingerprint density at radius 1 is 1.27 bits per heavy atom. The molecule has 1 aromatic heterocycles. The number of nitrogens with zero attached hydrogens (tertiary/aromatic N) is 2. The van der Waals surface area contributed by atoms with Gasteiger partial charge >= 0.3 is 6.09 Å². The summed E-state index contributed by atoms with van der Waals surface area (Å²) >= 11 is 0. The molecule has 162 valence electrons.